The number of piperidine rings is 1. The summed E-state index contributed by atoms with van der Waals surface area (Å²) in [5.74, 6) is 1.72. The zero-order valence-electron chi connectivity index (χ0n) is 11.3. The highest BCUT2D eigenvalue weighted by atomic mass is 16.5. The molecular weight excluding hydrogens is 200 g/mol. The van der Waals surface area contributed by atoms with E-state index < -0.39 is 0 Å². The number of hydrogen-bond donors (Lipinski definition) is 1. The number of hydrogen-bond acceptors (Lipinski definition) is 3. The molecule has 3 nitrogen and oxygen atoms in total. The summed E-state index contributed by atoms with van der Waals surface area (Å²) in [4.78, 5) is 2.59. The van der Waals surface area contributed by atoms with Crippen LogP contribution in [0.1, 0.15) is 27.2 Å². The van der Waals surface area contributed by atoms with E-state index in [-0.39, 0.29) is 0 Å². The third-order valence-electron chi connectivity index (χ3n) is 3.28. The van der Waals surface area contributed by atoms with Crippen molar-refractivity contribution in [3.8, 4) is 0 Å². The van der Waals surface area contributed by atoms with Gasteiger partial charge in [0, 0.05) is 39.3 Å². The lowest BCUT2D eigenvalue weighted by atomic mass is 9.92. The second-order valence-corrected chi connectivity index (χ2v) is 5.52. The van der Waals surface area contributed by atoms with Gasteiger partial charge in [0.1, 0.15) is 0 Å². The molecule has 3 unspecified atom stereocenters. The fourth-order valence-electron chi connectivity index (χ4n) is 2.75. The molecule has 0 amide bonds. The van der Waals surface area contributed by atoms with Crippen LogP contribution in [0.25, 0.3) is 0 Å². The zero-order valence-corrected chi connectivity index (χ0v) is 11.3. The summed E-state index contributed by atoms with van der Waals surface area (Å²) in [7, 11) is 1.76. The van der Waals surface area contributed by atoms with Crippen LogP contribution in [0.3, 0.4) is 0 Å². The second kappa shape index (κ2) is 7.25. The lowest BCUT2D eigenvalue weighted by Gasteiger charge is -2.35. The van der Waals surface area contributed by atoms with Crippen molar-refractivity contribution in [2.45, 2.75) is 33.2 Å². The van der Waals surface area contributed by atoms with Gasteiger partial charge in [-0.3, -0.25) is 0 Å². The number of rotatable bonds is 6. The van der Waals surface area contributed by atoms with Crippen molar-refractivity contribution in [3.05, 3.63) is 0 Å². The smallest absolute Gasteiger partial charge is 0.0613 e. The van der Waals surface area contributed by atoms with Gasteiger partial charge in [-0.1, -0.05) is 13.8 Å². The molecule has 0 aromatic carbocycles. The minimum atomic E-state index is 0.463. The largest absolute Gasteiger partial charge is 0.383 e. The van der Waals surface area contributed by atoms with Gasteiger partial charge < -0.3 is 15.0 Å². The highest BCUT2D eigenvalue weighted by Gasteiger charge is 2.21. The summed E-state index contributed by atoms with van der Waals surface area (Å²) in [6.07, 6.45) is 1.39. The molecule has 0 spiro atoms. The van der Waals surface area contributed by atoms with Gasteiger partial charge in [0.05, 0.1) is 6.61 Å². The van der Waals surface area contributed by atoms with E-state index in [4.69, 9.17) is 4.74 Å². The van der Waals surface area contributed by atoms with Gasteiger partial charge in [-0.25, -0.2) is 0 Å². The van der Waals surface area contributed by atoms with E-state index in [0.29, 0.717) is 6.04 Å². The van der Waals surface area contributed by atoms with Crippen molar-refractivity contribution in [2.75, 3.05) is 39.9 Å². The van der Waals surface area contributed by atoms with Gasteiger partial charge in [0.2, 0.25) is 0 Å². The number of nitrogens with one attached hydrogen (secondary N) is 1. The van der Waals surface area contributed by atoms with Gasteiger partial charge >= 0.3 is 0 Å². The monoisotopic (exact) mass is 228 g/mol. The van der Waals surface area contributed by atoms with Crippen LogP contribution >= 0.6 is 0 Å². The first kappa shape index (κ1) is 13.9. The Morgan fingerprint density at radius 2 is 1.94 bits per heavy atom. The van der Waals surface area contributed by atoms with Crippen LogP contribution in [0.5, 0.6) is 0 Å². The van der Waals surface area contributed by atoms with Gasteiger partial charge in [0.25, 0.3) is 0 Å². The molecule has 0 aliphatic carbocycles. The molecule has 1 saturated heterocycles. The predicted octanol–water partition coefficient (Wildman–Crippen LogP) is 1.59. The Morgan fingerprint density at radius 1 is 1.31 bits per heavy atom. The van der Waals surface area contributed by atoms with Crippen LogP contribution in [-0.2, 0) is 4.74 Å². The molecule has 0 bridgehead atoms. The van der Waals surface area contributed by atoms with Crippen molar-refractivity contribution in [2.24, 2.45) is 11.8 Å². The van der Waals surface area contributed by atoms with Gasteiger partial charge in [-0.15, -0.1) is 0 Å². The number of likely N-dealkylation sites (tertiary alicyclic amines) is 1. The SMILES string of the molecule is COCC(C)NCCN1CC(C)CC(C)C1. The molecule has 0 aromatic heterocycles. The first-order chi connectivity index (χ1) is 7.61. The first-order valence-electron chi connectivity index (χ1n) is 6.56. The fourth-order valence-corrected chi connectivity index (χ4v) is 2.75. The highest BCUT2D eigenvalue weighted by Crippen LogP contribution is 2.20. The fraction of sp³-hybridized carbons (Fsp3) is 1.00. The van der Waals surface area contributed by atoms with Crippen LogP contribution in [0.2, 0.25) is 0 Å². The van der Waals surface area contributed by atoms with Crippen molar-refractivity contribution >= 4 is 0 Å². The molecule has 1 aliphatic heterocycles. The van der Waals surface area contributed by atoms with Crippen molar-refractivity contribution in [1.29, 1.82) is 0 Å². The standard InChI is InChI=1S/C13H28N2O/c1-11-7-12(2)9-15(8-11)6-5-14-13(3)10-16-4/h11-14H,5-10H2,1-4H3. The average molecular weight is 228 g/mol. The Balaban J connectivity index is 2.12. The van der Waals surface area contributed by atoms with E-state index in [9.17, 15) is 0 Å². The molecule has 0 aromatic rings. The maximum absolute atomic E-state index is 5.10. The van der Waals surface area contributed by atoms with Crippen molar-refractivity contribution in [3.63, 3.8) is 0 Å². The zero-order chi connectivity index (χ0) is 12.0. The Morgan fingerprint density at radius 3 is 2.50 bits per heavy atom. The van der Waals surface area contributed by atoms with E-state index in [0.717, 1.165) is 25.0 Å². The molecule has 3 heteroatoms. The Hall–Kier alpha value is -0.120. The van der Waals surface area contributed by atoms with E-state index in [1.165, 1.54) is 26.1 Å². The maximum atomic E-state index is 5.10. The average Bonchev–Trinajstić information content (AvgIpc) is 2.16. The molecule has 1 rings (SSSR count). The van der Waals surface area contributed by atoms with E-state index in [1.807, 2.05) is 0 Å². The molecule has 0 saturated carbocycles. The molecule has 1 heterocycles. The molecule has 1 fully saturated rings. The molecule has 3 atom stereocenters. The predicted molar refractivity (Wildman–Crippen MR) is 68.7 cm³/mol. The number of methoxy groups -OCH3 is 1. The van der Waals surface area contributed by atoms with E-state index in [2.05, 4.69) is 31.0 Å². The van der Waals surface area contributed by atoms with Gasteiger partial charge in [-0.2, -0.15) is 0 Å². The number of ether oxygens (including phenoxy) is 1. The van der Waals surface area contributed by atoms with Crippen LogP contribution in [0, 0.1) is 11.8 Å². The summed E-state index contributed by atoms with van der Waals surface area (Å²) in [5, 5.41) is 3.49. The van der Waals surface area contributed by atoms with Gasteiger partial charge in [0.15, 0.2) is 0 Å². The summed E-state index contributed by atoms with van der Waals surface area (Å²) in [6, 6.07) is 0.463. The van der Waals surface area contributed by atoms with Crippen LogP contribution in [0.4, 0.5) is 0 Å². The lowest BCUT2D eigenvalue weighted by molar-refractivity contribution is 0.135. The quantitative estimate of drug-likeness (QED) is 0.747. The Labute approximate surface area is 101 Å². The third kappa shape index (κ3) is 5.28. The molecule has 1 N–H and O–H groups in total. The van der Waals surface area contributed by atoms with E-state index in [1.54, 1.807) is 7.11 Å². The van der Waals surface area contributed by atoms with Gasteiger partial charge in [-0.05, 0) is 25.2 Å². The van der Waals surface area contributed by atoms with Crippen LogP contribution in [0.15, 0.2) is 0 Å². The first-order valence-corrected chi connectivity index (χ1v) is 6.56. The van der Waals surface area contributed by atoms with Crippen molar-refractivity contribution in [1.82, 2.24) is 10.2 Å². The molecular formula is C13H28N2O. The van der Waals surface area contributed by atoms with E-state index >= 15 is 0 Å². The molecule has 16 heavy (non-hydrogen) atoms. The third-order valence-corrected chi connectivity index (χ3v) is 3.28. The van der Waals surface area contributed by atoms with Crippen LogP contribution in [-0.4, -0.2) is 50.8 Å². The summed E-state index contributed by atoms with van der Waals surface area (Å²) >= 11 is 0. The molecule has 96 valence electrons. The summed E-state index contributed by atoms with van der Waals surface area (Å²) < 4.78 is 5.10. The van der Waals surface area contributed by atoms with Crippen molar-refractivity contribution < 1.29 is 4.74 Å². The molecule has 1 aliphatic rings. The second-order valence-electron chi connectivity index (χ2n) is 5.52. The maximum Gasteiger partial charge on any atom is 0.0613 e. The minimum Gasteiger partial charge on any atom is -0.383 e. The lowest BCUT2D eigenvalue weighted by Crippen LogP contribution is -2.43. The highest BCUT2D eigenvalue weighted by molar-refractivity contribution is 4.75. The molecule has 0 radical (unpaired) electrons. The number of nitrogens with zero attached hydrogens (tertiary/aromatic N) is 1. The summed E-state index contributed by atoms with van der Waals surface area (Å²) in [5.41, 5.74) is 0. The Kier molecular flexibility index (Phi) is 6.32. The topological polar surface area (TPSA) is 24.5 Å². The summed E-state index contributed by atoms with van der Waals surface area (Å²) in [6.45, 7) is 12.5. The normalized spacial score (nSPS) is 29.2. The Bertz CT molecular complexity index is 177. The van der Waals surface area contributed by atoms with Crippen LogP contribution < -0.4 is 5.32 Å². The minimum absolute atomic E-state index is 0.463.